The zero-order valence-electron chi connectivity index (χ0n) is 18.1. The Labute approximate surface area is 195 Å². The van der Waals surface area contributed by atoms with Gasteiger partial charge in [-0.3, -0.25) is 4.79 Å². The molecule has 0 saturated carbocycles. The first-order valence-electron chi connectivity index (χ1n) is 10.5. The minimum atomic E-state index is -0.458. The van der Waals surface area contributed by atoms with Crippen molar-refractivity contribution >= 4 is 40.0 Å². The number of aromatic nitrogens is 3. The third-order valence-corrected chi connectivity index (χ3v) is 5.94. The molecule has 4 aromatic rings. The van der Waals surface area contributed by atoms with Gasteiger partial charge in [-0.05, 0) is 61.9 Å². The van der Waals surface area contributed by atoms with Crippen LogP contribution >= 0.6 is 11.6 Å². The average molecular weight is 464 g/mol. The molecule has 2 aromatic carbocycles. The zero-order valence-corrected chi connectivity index (χ0v) is 18.8. The van der Waals surface area contributed by atoms with Gasteiger partial charge in [0.05, 0.1) is 22.7 Å². The fraction of sp³-hybridized carbons (Fsp3) is 0.208. The number of aliphatic hydroxyl groups excluding tert-OH is 1. The Morgan fingerprint density at radius 3 is 2.82 bits per heavy atom. The minimum absolute atomic E-state index is 0.0140. The van der Waals surface area contributed by atoms with Crippen LogP contribution in [-0.4, -0.2) is 32.2 Å². The highest BCUT2D eigenvalue weighted by Crippen LogP contribution is 2.37. The number of rotatable bonds is 6. The van der Waals surface area contributed by atoms with E-state index < -0.39 is 5.54 Å². The molecule has 0 unspecified atom stereocenters. The van der Waals surface area contributed by atoms with Gasteiger partial charge in [-0.2, -0.15) is 0 Å². The Balaban J connectivity index is 1.40. The molecule has 2 aromatic heterocycles. The third kappa shape index (κ3) is 3.88. The largest absolute Gasteiger partial charge is 0.456 e. The van der Waals surface area contributed by atoms with Crippen molar-refractivity contribution in [2.24, 2.45) is 0 Å². The average Bonchev–Trinajstić information content (AvgIpc) is 3.29. The lowest BCUT2D eigenvalue weighted by atomic mass is 9.94. The summed E-state index contributed by atoms with van der Waals surface area (Å²) in [7, 11) is 0. The molecule has 168 valence electrons. The van der Waals surface area contributed by atoms with Gasteiger partial charge in [-0.25, -0.2) is 9.97 Å². The van der Waals surface area contributed by atoms with Gasteiger partial charge < -0.3 is 25.0 Å². The SMILES string of the molecule is CC1(C)NC(=O)c2ccc(Oc3ccc(Nc4ncnc5ccn(CCO)c45)cc3Cl)cc21. The Morgan fingerprint density at radius 2 is 2.03 bits per heavy atom. The third-order valence-electron chi connectivity index (χ3n) is 5.65. The molecule has 5 rings (SSSR count). The molecule has 1 amide bonds. The molecule has 0 spiro atoms. The van der Waals surface area contributed by atoms with Crippen molar-refractivity contribution in [3.8, 4) is 11.5 Å². The van der Waals surface area contributed by atoms with Gasteiger partial charge in [0.25, 0.3) is 5.91 Å². The molecule has 0 fully saturated rings. The lowest BCUT2D eigenvalue weighted by Gasteiger charge is -2.19. The molecule has 0 saturated heterocycles. The van der Waals surface area contributed by atoms with E-state index in [-0.39, 0.29) is 12.5 Å². The number of anilines is 2. The second kappa shape index (κ2) is 8.06. The summed E-state index contributed by atoms with van der Waals surface area (Å²) < 4.78 is 7.92. The van der Waals surface area contributed by atoms with Crippen LogP contribution in [-0.2, 0) is 12.1 Å². The van der Waals surface area contributed by atoms with Gasteiger partial charge in [0, 0.05) is 24.0 Å². The van der Waals surface area contributed by atoms with Gasteiger partial charge >= 0.3 is 0 Å². The summed E-state index contributed by atoms with van der Waals surface area (Å²) in [4.78, 5) is 20.7. The molecule has 0 bridgehead atoms. The summed E-state index contributed by atoms with van der Waals surface area (Å²) in [5.41, 5.74) is 3.39. The summed E-state index contributed by atoms with van der Waals surface area (Å²) in [6.07, 6.45) is 3.35. The second-order valence-electron chi connectivity index (χ2n) is 8.35. The van der Waals surface area contributed by atoms with E-state index in [0.717, 1.165) is 22.3 Å². The summed E-state index contributed by atoms with van der Waals surface area (Å²) in [6.45, 7) is 4.36. The van der Waals surface area contributed by atoms with Crippen molar-refractivity contribution in [2.45, 2.75) is 25.9 Å². The number of ether oxygens (including phenoxy) is 1. The first-order valence-corrected chi connectivity index (χ1v) is 10.9. The van der Waals surface area contributed by atoms with Crippen LogP contribution in [0, 0.1) is 0 Å². The second-order valence-corrected chi connectivity index (χ2v) is 8.75. The van der Waals surface area contributed by atoms with Crippen LogP contribution in [0.3, 0.4) is 0 Å². The van der Waals surface area contributed by atoms with Crippen LogP contribution in [0.4, 0.5) is 11.5 Å². The molecule has 1 aliphatic heterocycles. The first kappa shape index (κ1) is 21.2. The van der Waals surface area contributed by atoms with Gasteiger partial charge in [0.2, 0.25) is 0 Å². The van der Waals surface area contributed by atoms with Gasteiger partial charge in [-0.1, -0.05) is 11.6 Å². The number of carbonyl (C=O) groups excluding carboxylic acids is 1. The van der Waals surface area contributed by atoms with Gasteiger partial charge in [0.15, 0.2) is 5.82 Å². The lowest BCUT2D eigenvalue weighted by molar-refractivity contribution is 0.0940. The standard InChI is InChI=1S/C24H22ClN5O3/c1-24(2)17-12-15(4-5-16(17)23(32)29-24)33-20-6-3-14(11-18(20)25)28-22-21-19(26-13-27-22)7-8-30(21)9-10-31/h3-8,11-13,31H,9-10H2,1-2H3,(H,29,32)(H,26,27,28). The fourth-order valence-corrected chi connectivity index (χ4v) is 4.28. The maximum atomic E-state index is 12.1. The fourth-order valence-electron chi connectivity index (χ4n) is 4.06. The molecule has 0 radical (unpaired) electrons. The van der Waals surface area contributed by atoms with E-state index in [2.05, 4.69) is 20.6 Å². The molecule has 9 heteroatoms. The predicted octanol–water partition coefficient (Wildman–Crippen LogP) is 4.59. The smallest absolute Gasteiger partial charge is 0.252 e. The van der Waals surface area contributed by atoms with E-state index >= 15 is 0 Å². The molecular formula is C24H22ClN5O3. The number of hydrogen-bond donors (Lipinski definition) is 3. The lowest BCUT2D eigenvalue weighted by Crippen LogP contribution is -2.32. The van der Waals surface area contributed by atoms with E-state index in [9.17, 15) is 9.90 Å². The Morgan fingerprint density at radius 1 is 1.18 bits per heavy atom. The summed E-state index contributed by atoms with van der Waals surface area (Å²) in [6, 6.07) is 12.6. The van der Waals surface area contributed by atoms with Crippen LogP contribution in [0.5, 0.6) is 11.5 Å². The van der Waals surface area contributed by atoms with Crippen LogP contribution in [0.1, 0.15) is 29.8 Å². The maximum absolute atomic E-state index is 12.1. The number of nitrogens with zero attached hydrogens (tertiary/aromatic N) is 3. The van der Waals surface area contributed by atoms with Crippen molar-refractivity contribution in [1.29, 1.82) is 0 Å². The molecular weight excluding hydrogens is 442 g/mol. The summed E-state index contributed by atoms with van der Waals surface area (Å²) in [5.74, 6) is 1.62. The molecule has 33 heavy (non-hydrogen) atoms. The molecule has 8 nitrogen and oxygen atoms in total. The molecule has 3 N–H and O–H groups in total. The number of fused-ring (bicyclic) bond motifs is 2. The molecule has 0 atom stereocenters. The van der Waals surface area contributed by atoms with Crippen molar-refractivity contribution in [2.75, 3.05) is 11.9 Å². The topological polar surface area (TPSA) is 101 Å². The Kier molecular flexibility index (Phi) is 5.19. The summed E-state index contributed by atoms with van der Waals surface area (Å²) in [5, 5.41) is 16.0. The monoisotopic (exact) mass is 463 g/mol. The minimum Gasteiger partial charge on any atom is -0.456 e. The van der Waals surface area contributed by atoms with Crippen molar-refractivity contribution in [1.82, 2.24) is 19.9 Å². The predicted molar refractivity (Wildman–Crippen MR) is 126 cm³/mol. The normalized spacial score (nSPS) is 14.2. The number of hydrogen-bond acceptors (Lipinski definition) is 6. The van der Waals surface area contributed by atoms with E-state index in [1.54, 1.807) is 24.3 Å². The molecule has 3 heterocycles. The van der Waals surface area contributed by atoms with E-state index in [4.69, 9.17) is 16.3 Å². The van der Waals surface area contributed by atoms with E-state index in [1.165, 1.54) is 6.33 Å². The van der Waals surface area contributed by atoms with E-state index in [1.807, 2.05) is 42.8 Å². The Bertz CT molecular complexity index is 1380. The van der Waals surface area contributed by atoms with Crippen LogP contribution in [0.25, 0.3) is 11.0 Å². The number of nitrogens with one attached hydrogen (secondary N) is 2. The first-order chi connectivity index (χ1) is 15.9. The number of amides is 1. The molecule has 1 aliphatic rings. The number of carbonyl (C=O) groups is 1. The van der Waals surface area contributed by atoms with Crippen LogP contribution in [0.15, 0.2) is 55.0 Å². The number of halogens is 1. The number of benzene rings is 2. The maximum Gasteiger partial charge on any atom is 0.252 e. The zero-order chi connectivity index (χ0) is 23.2. The molecule has 0 aliphatic carbocycles. The number of aliphatic hydroxyl groups is 1. The van der Waals surface area contributed by atoms with Crippen molar-refractivity contribution in [3.05, 3.63) is 71.1 Å². The Hall–Kier alpha value is -3.62. The van der Waals surface area contributed by atoms with Gasteiger partial charge in [-0.15, -0.1) is 0 Å². The summed E-state index contributed by atoms with van der Waals surface area (Å²) >= 11 is 6.52. The highest BCUT2D eigenvalue weighted by molar-refractivity contribution is 6.32. The quantitative estimate of drug-likeness (QED) is 0.386. The van der Waals surface area contributed by atoms with Crippen LogP contribution < -0.4 is 15.4 Å². The highest BCUT2D eigenvalue weighted by Gasteiger charge is 2.35. The van der Waals surface area contributed by atoms with Crippen LogP contribution in [0.2, 0.25) is 5.02 Å². The van der Waals surface area contributed by atoms with E-state index in [0.29, 0.717) is 34.4 Å². The van der Waals surface area contributed by atoms with Crippen molar-refractivity contribution in [3.63, 3.8) is 0 Å². The highest BCUT2D eigenvalue weighted by atomic mass is 35.5. The van der Waals surface area contributed by atoms with Crippen molar-refractivity contribution < 1.29 is 14.6 Å². The van der Waals surface area contributed by atoms with Gasteiger partial charge in [0.1, 0.15) is 23.3 Å².